The number of hydrogen-bond donors (Lipinski definition) is 2. The zero-order valence-electron chi connectivity index (χ0n) is 14.4. The van der Waals surface area contributed by atoms with E-state index in [9.17, 15) is 13.2 Å². The first-order valence-corrected chi connectivity index (χ1v) is 11.2. The van der Waals surface area contributed by atoms with Gasteiger partial charge in [0, 0.05) is 5.75 Å². The van der Waals surface area contributed by atoms with Crippen LogP contribution < -0.4 is 10.0 Å². The van der Waals surface area contributed by atoms with Crippen LogP contribution >= 0.6 is 23.1 Å². The molecule has 9 heteroatoms. The Morgan fingerprint density at radius 2 is 1.93 bits per heavy atom. The first-order chi connectivity index (χ1) is 12.9. The number of thiazole rings is 1. The molecule has 0 radical (unpaired) electrons. The summed E-state index contributed by atoms with van der Waals surface area (Å²) in [6.07, 6.45) is 1.66. The van der Waals surface area contributed by atoms with Gasteiger partial charge < -0.3 is 0 Å². The van der Waals surface area contributed by atoms with Crippen molar-refractivity contribution >= 4 is 44.3 Å². The monoisotopic (exact) mass is 419 g/mol. The van der Waals surface area contributed by atoms with Crippen molar-refractivity contribution in [2.75, 3.05) is 5.32 Å². The van der Waals surface area contributed by atoms with E-state index in [4.69, 9.17) is 0 Å². The van der Waals surface area contributed by atoms with Gasteiger partial charge in [-0.3, -0.25) is 5.32 Å². The highest BCUT2D eigenvalue weighted by Gasteiger charge is 2.18. The van der Waals surface area contributed by atoms with Crippen molar-refractivity contribution in [1.82, 2.24) is 9.71 Å². The topological polar surface area (TPSA) is 88.2 Å². The number of hydrogen-bond acceptors (Lipinski definition) is 6. The standard InChI is InChI=1S/C18H17N3O3S3/c1-13-6-5-9-15(10-13)27(23,24)21-17(22)20-18-19-11-16(26-18)25-12-14-7-3-2-4-8-14/h2-11H,12H2,1H3,(H2,19,20,21,22). The summed E-state index contributed by atoms with van der Waals surface area (Å²) in [6.45, 7) is 1.78. The van der Waals surface area contributed by atoms with Crippen molar-refractivity contribution in [3.05, 3.63) is 71.9 Å². The SMILES string of the molecule is Cc1cccc(S(=O)(=O)NC(=O)Nc2ncc(SCc3ccccc3)s2)c1. The molecular weight excluding hydrogens is 402 g/mol. The Kier molecular flexibility index (Phi) is 6.15. The van der Waals surface area contributed by atoms with Crippen LogP contribution in [-0.2, 0) is 15.8 Å². The third kappa shape index (κ3) is 5.56. The Bertz CT molecular complexity index is 1030. The van der Waals surface area contributed by atoms with Crippen molar-refractivity contribution in [2.45, 2.75) is 21.8 Å². The van der Waals surface area contributed by atoms with Gasteiger partial charge in [0.05, 0.1) is 15.3 Å². The molecule has 0 saturated heterocycles. The quantitative estimate of drug-likeness (QED) is 0.583. The number of urea groups is 1. The molecule has 140 valence electrons. The summed E-state index contributed by atoms with van der Waals surface area (Å²) in [7, 11) is -3.93. The largest absolute Gasteiger partial charge is 0.334 e. The van der Waals surface area contributed by atoms with E-state index in [0.29, 0.717) is 5.13 Å². The minimum Gasteiger partial charge on any atom is -0.283 e. The molecule has 3 aromatic rings. The maximum absolute atomic E-state index is 12.3. The number of anilines is 1. The molecule has 0 unspecified atom stereocenters. The molecule has 3 rings (SSSR count). The lowest BCUT2D eigenvalue weighted by atomic mass is 10.2. The molecule has 0 aliphatic rings. The second-order valence-corrected chi connectivity index (χ2v) is 9.62. The number of nitrogens with zero attached hydrogens (tertiary/aromatic N) is 1. The van der Waals surface area contributed by atoms with Gasteiger partial charge in [-0.25, -0.2) is 22.9 Å². The van der Waals surface area contributed by atoms with Crippen LogP contribution in [0.2, 0.25) is 0 Å². The summed E-state index contributed by atoms with van der Waals surface area (Å²) in [4.78, 5) is 16.2. The van der Waals surface area contributed by atoms with Crippen molar-refractivity contribution in [2.24, 2.45) is 0 Å². The Labute approximate surface area is 166 Å². The van der Waals surface area contributed by atoms with Gasteiger partial charge in [-0.15, -0.1) is 11.8 Å². The lowest BCUT2D eigenvalue weighted by Gasteiger charge is -2.07. The van der Waals surface area contributed by atoms with Gasteiger partial charge in [-0.2, -0.15) is 0 Å². The molecule has 1 heterocycles. The number of nitrogens with one attached hydrogen (secondary N) is 2. The van der Waals surface area contributed by atoms with E-state index in [1.165, 1.54) is 29.0 Å². The highest BCUT2D eigenvalue weighted by Crippen LogP contribution is 2.30. The number of sulfonamides is 1. The van der Waals surface area contributed by atoms with Gasteiger partial charge in [0.15, 0.2) is 5.13 Å². The zero-order valence-corrected chi connectivity index (χ0v) is 16.8. The van der Waals surface area contributed by atoms with E-state index in [2.05, 4.69) is 10.3 Å². The van der Waals surface area contributed by atoms with E-state index >= 15 is 0 Å². The van der Waals surface area contributed by atoms with Gasteiger partial charge in [-0.1, -0.05) is 53.8 Å². The zero-order chi connectivity index (χ0) is 19.3. The molecule has 0 spiro atoms. The number of carbonyl (C=O) groups is 1. The summed E-state index contributed by atoms with van der Waals surface area (Å²) < 4.78 is 27.4. The minimum absolute atomic E-state index is 0.0379. The molecular formula is C18H17N3O3S3. The molecule has 1 aromatic heterocycles. The maximum atomic E-state index is 12.3. The molecule has 0 bridgehead atoms. The van der Waals surface area contributed by atoms with E-state index in [0.717, 1.165) is 15.5 Å². The summed E-state index contributed by atoms with van der Waals surface area (Å²) in [5.41, 5.74) is 1.98. The van der Waals surface area contributed by atoms with Crippen LogP contribution in [0.3, 0.4) is 0 Å². The van der Waals surface area contributed by atoms with Crippen LogP contribution in [0.25, 0.3) is 0 Å². The molecule has 27 heavy (non-hydrogen) atoms. The third-order valence-corrected chi connectivity index (χ3v) is 6.96. The van der Waals surface area contributed by atoms with Gasteiger partial charge in [0.2, 0.25) is 0 Å². The van der Waals surface area contributed by atoms with Crippen LogP contribution in [0.1, 0.15) is 11.1 Å². The predicted molar refractivity (Wildman–Crippen MR) is 109 cm³/mol. The Hall–Kier alpha value is -2.36. The normalized spacial score (nSPS) is 11.1. The summed E-state index contributed by atoms with van der Waals surface area (Å²) >= 11 is 2.89. The van der Waals surface area contributed by atoms with Crippen molar-refractivity contribution in [1.29, 1.82) is 0 Å². The molecule has 2 amide bonds. The fourth-order valence-electron chi connectivity index (χ4n) is 2.20. The summed E-state index contributed by atoms with van der Waals surface area (Å²) in [5, 5.41) is 2.80. The minimum atomic E-state index is -3.93. The molecule has 0 atom stereocenters. The summed E-state index contributed by atoms with van der Waals surface area (Å²) in [6, 6.07) is 15.5. The summed E-state index contributed by atoms with van der Waals surface area (Å²) in [5.74, 6) is 0.788. The van der Waals surface area contributed by atoms with Crippen LogP contribution in [0, 0.1) is 6.92 Å². The van der Waals surface area contributed by atoms with Crippen LogP contribution in [0.5, 0.6) is 0 Å². The van der Waals surface area contributed by atoms with Gasteiger partial charge >= 0.3 is 6.03 Å². The fraction of sp³-hybridized carbons (Fsp3) is 0.111. The Balaban J connectivity index is 1.57. The van der Waals surface area contributed by atoms with Gasteiger partial charge in [0.25, 0.3) is 10.0 Å². The lowest BCUT2D eigenvalue weighted by molar-refractivity contribution is 0.256. The first-order valence-electron chi connectivity index (χ1n) is 7.95. The smallest absolute Gasteiger partial charge is 0.283 e. The average Bonchev–Trinajstić information content (AvgIpc) is 3.07. The highest BCUT2D eigenvalue weighted by molar-refractivity contribution is 8.00. The van der Waals surface area contributed by atoms with Gasteiger partial charge in [-0.05, 0) is 30.2 Å². The third-order valence-electron chi connectivity index (χ3n) is 3.46. The van der Waals surface area contributed by atoms with Crippen LogP contribution in [0.15, 0.2) is 69.9 Å². The second-order valence-electron chi connectivity index (χ2n) is 5.63. The number of carbonyl (C=O) groups excluding carboxylic acids is 1. The maximum Gasteiger partial charge on any atom is 0.334 e. The molecule has 0 aliphatic heterocycles. The van der Waals surface area contributed by atoms with E-state index in [1.807, 2.05) is 35.1 Å². The van der Waals surface area contributed by atoms with Crippen LogP contribution in [0.4, 0.5) is 9.93 Å². The molecule has 0 fully saturated rings. The molecule has 0 saturated carbocycles. The molecule has 6 nitrogen and oxygen atoms in total. The number of amides is 2. The first kappa shape index (κ1) is 19.4. The van der Waals surface area contributed by atoms with Crippen molar-refractivity contribution in [3.8, 4) is 0 Å². The molecule has 2 N–H and O–H groups in total. The van der Waals surface area contributed by atoms with E-state index < -0.39 is 16.1 Å². The lowest BCUT2D eigenvalue weighted by Crippen LogP contribution is -2.34. The number of benzene rings is 2. The number of aryl methyl sites for hydroxylation is 1. The van der Waals surface area contributed by atoms with Gasteiger partial charge in [0.1, 0.15) is 0 Å². The number of thioether (sulfide) groups is 1. The number of rotatable bonds is 6. The highest BCUT2D eigenvalue weighted by atomic mass is 32.2. The fourth-order valence-corrected chi connectivity index (χ4v) is 5.03. The van der Waals surface area contributed by atoms with Crippen molar-refractivity contribution < 1.29 is 13.2 Å². The molecule has 2 aromatic carbocycles. The number of aromatic nitrogens is 1. The predicted octanol–water partition coefficient (Wildman–Crippen LogP) is 4.25. The Morgan fingerprint density at radius 1 is 1.15 bits per heavy atom. The van der Waals surface area contributed by atoms with E-state index in [-0.39, 0.29) is 4.90 Å². The van der Waals surface area contributed by atoms with Crippen molar-refractivity contribution in [3.63, 3.8) is 0 Å². The van der Waals surface area contributed by atoms with E-state index in [1.54, 1.807) is 37.0 Å². The van der Waals surface area contributed by atoms with Crippen LogP contribution in [-0.4, -0.2) is 19.4 Å². The second kappa shape index (κ2) is 8.55. The molecule has 0 aliphatic carbocycles. The Morgan fingerprint density at radius 3 is 2.67 bits per heavy atom. The average molecular weight is 420 g/mol.